The predicted molar refractivity (Wildman–Crippen MR) is 39.6 cm³/mol. The van der Waals surface area contributed by atoms with Crippen LogP contribution < -0.4 is 0 Å². The van der Waals surface area contributed by atoms with Crippen LogP contribution in [0.1, 0.15) is 26.7 Å². The average molecular weight is 136 g/mol. The number of fused-ring (bicyclic) bond motifs is 2. The number of rotatable bonds is 0. The van der Waals surface area contributed by atoms with Gasteiger partial charge in [0.05, 0.1) is 0 Å². The Balaban J connectivity index is 2.46. The Morgan fingerprint density at radius 1 is 1.10 bits per heavy atom. The lowest BCUT2D eigenvalue weighted by molar-refractivity contribution is -0.121. The molecule has 0 aromatic carbocycles. The lowest BCUT2D eigenvalue weighted by atomic mass is 9.94. The van der Waals surface area contributed by atoms with Crippen molar-refractivity contribution in [3.8, 4) is 0 Å². The summed E-state index contributed by atoms with van der Waals surface area (Å²) in [5.74, 6) is 1.14. The van der Waals surface area contributed by atoms with Crippen molar-refractivity contribution < 1.29 is 4.79 Å². The van der Waals surface area contributed by atoms with Crippen LogP contribution in [0.25, 0.3) is 0 Å². The van der Waals surface area contributed by atoms with Crippen molar-refractivity contribution in [2.24, 2.45) is 11.8 Å². The van der Waals surface area contributed by atoms with Gasteiger partial charge in [-0.25, -0.2) is 0 Å². The highest BCUT2D eigenvalue weighted by Gasteiger charge is 2.42. The van der Waals surface area contributed by atoms with Crippen molar-refractivity contribution in [3.05, 3.63) is 11.1 Å². The van der Waals surface area contributed by atoms with Crippen LogP contribution in [0.15, 0.2) is 11.1 Å². The number of Topliss-reactive ketones (excluding diaryl/α,β-unsaturated/α-hetero) is 1. The second-order valence-corrected chi connectivity index (χ2v) is 3.45. The number of hydrogen-bond acceptors (Lipinski definition) is 1. The van der Waals surface area contributed by atoms with Crippen molar-refractivity contribution in [2.45, 2.75) is 26.7 Å². The molecule has 0 amide bonds. The molecule has 0 N–H and O–H groups in total. The summed E-state index contributed by atoms with van der Waals surface area (Å²) in [5.41, 5.74) is 2.72. The van der Waals surface area contributed by atoms with Crippen molar-refractivity contribution in [2.75, 3.05) is 0 Å². The van der Waals surface area contributed by atoms with Gasteiger partial charge in [0.1, 0.15) is 5.78 Å². The molecule has 0 spiro atoms. The third kappa shape index (κ3) is 0.511. The molecule has 2 rings (SSSR count). The van der Waals surface area contributed by atoms with Gasteiger partial charge >= 0.3 is 0 Å². The predicted octanol–water partition coefficient (Wildman–Crippen LogP) is 1.93. The zero-order valence-corrected chi connectivity index (χ0v) is 6.48. The van der Waals surface area contributed by atoms with Gasteiger partial charge in [0.2, 0.25) is 0 Å². The normalized spacial score (nSPS) is 38.0. The molecular formula is C9H12O. The fraction of sp³-hybridized carbons (Fsp3) is 0.667. The van der Waals surface area contributed by atoms with Gasteiger partial charge in [-0.15, -0.1) is 0 Å². The second kappa shape index (κ2) is 1.71. The molecule has 1 nitrogen and oxygen atoms in total. The standard InChI is InChI=1S/C9H12O/c1-5-6(2)8-4-3-7(5)9(8)10/h7-8H,3-4H2,1-2H3. The minimum Gasteiger partial charge on any atom is -0.298 e. The molecule has 0 aliphatic heterocycles. The van der Waals surface area contributed by atoms with Gasteiger partial charge in [-0.1, -0.05) is 11.1 Å². The van der Waals surface area contributed by atoms with E-state index in [9.17, 15) is 4.79 Å². The van der Waals surface area contributed by atoms with E-state index in [-0.39, 0.29) is 0 Å². The first-order chi connectivity index (χ1) is 4.72. The maximum Gasteiger partial charge on any atom is 0.147 e. The monoisotopic (exact) mass is 136 g/mol. The van der Waals surface area contributed by atoms with Crippen LogP contribution in [0.2, 0.25) is 0 Å². The van der Waals surface area contributed by atoms with Gasteiger partial charge in [0.25, 0.3) is 0 Å². The number of carbonyl (C=O) groups excluding carboxylic acids is 1. The summed E-state index contributed by atoms with van der Waals surface area (Å²) in [6.07, 6.45) is 2.24. The second-order valence-electron chi connectivity index (χ2n) is 3.45. The Bertz CT molecular complexity index is 203. The van der Waals surface area contributed by atoms with E-state index in [1.54, 1.807) is 0 Å². The van der Waals surface area contributed by atoms with Crippen LogP contribution in [0, 0.1) is 11.8 Å². The molecule has 0 heterocycles. The van der Waals surface area contributed by atoms with Crippen LogP contribution in [0.3, 0.4) is 0 Å². The zero-order chi connectivity index (χ0) is 7.30. The number of allylic oxidation sites excluding steroid dienone is 2. The van der Waals surface area contributed by atoms with Crippen molar-refractivity contribution >= 4 is 5.78 Å². The Morgan fingerprint density at radius 2 is 1.50 bits per heavy atom. The summed E-state index contributed by atoms with van der Waals surface area (Å²) in [4.78, 5) is 11.3. The minimum absolute atomic E-state index is 0.324. The molecule has 2 bridgehead atoms. The van der Waals surface area contributed by atoms with E-state index < -0.39 is 0 Å². The summed E-state index contributed by atoms with van der Waals surface area (Å²) in [6.45, 7) is 4.22. The molecule has 0 aromatic heterocycles. The van der Waals surface area contributed by atoms with Gasteiger partial charge in [-0.2, -0.15) is 0 Å². The van der Waals surface area contributed by atoms with Crippen LogP contribution in [0.5, 0.6) is 0 Å². The number of ketones is 1. The van der Waals surface area contributed by atoms with Crippen LogP contribution in [-0.2, 0) is 4.79 Å². The largest absolute Gasteiger partial charge is 0.298 e. The van der Waals surface area contributed by atoms with E-state index in [4.69, 9.17) is 0 Å². The molecule has 0 radical (unpaired) electrons. The third-order valence-corrected chi connectivity index (χ3v) is 3.10. The highest BCUT2D eigenvalue weighted by molar-refractivity contribution is 5.93. The molecule has 2 aliphatic rings. The molecule has 2 unspecified atom stereocenters. The number of carbonyl (C=O) groups is 1. The Hall–Kier alpha value is -0.590. The summed E-state index contributed by atoms with van der Waals surface area (Å²) >= 11 is 0. The van der Waals surface area contributed by atoms with E-state index >= 15 is 0 Å². The highest BCUT2D eigenvalue weighted by Crippen LogP contribution is 2.44. The fourth-order valence-electron chi connectivity index (χ4n) is 2.27. The molecule has 0 aromatic rings. The van der Waals surface area contributed by atoms with Crippen LogP contribution in [-0.4, -0.2) is 5.78 Å². The van der Waals surface area contributed by atoms with Gasteiger partial charge in [0.15, 0.2) is 0 Å². The molecule has 1 fully saturated rings. The van der Waals surface area contributed by atoms with Gasteiger partial charge < -0.3 is 0 Å². The summed E-state index contributed by atoms with van der Waals surface area (Å²) in [5, 5.41) is 0. The van der Waals surface area contributed by atoms with E-state index in [0.29, 0.717) is 17.6 Å². The molecule has 1 saturated carbocycles. The highest BCUT2D eigenvalue weighted by atomic mass is 16.1. The van der Waals surface area contributed by atoms with Gasteiger partial charge in [0, 0.05) is 11.8 Å². The maximum absolute atomic E-state index is 11.3. The third-order valence-electron chi connectivity index (χ3n) is 3.10. The fourth-order valence-corrected chi connectivity index (χ4v) is 2.27. The molecule has 2 aliphatic carbocycles. The van der Waals surface area contributed by atoms with Crippen LogP contribution in [0.4, 0.5) is 0 Å². The summed E-state index contributed by atoms with van der Waals surface area (Å²) in [7, 11) is 0. The van der Waals surface area contributed by atoms with E-state index in [1.165, 1.54) is 11.1 Å². The molecular weight excluding hydrogens is 124 g/mol. The lowest BCUT2D eigenvalue weighted by Gasteiger charge is -2.10. The molecule has 10 heavy (non-hydrogen) atoms. The molecule has 0 saturated heterocycles. The average Bonchev–Trinajstić information content (AvgIpc) is 2.34. The summed E-state index contributed by atoms with van der Waals surface area (Å²) in [6, 6.07) is 0. The first-order valence-electron chi connectivity index (χ1n) is 3.93. The number of hydrogen-bond donors (Lipinski definition) is 0. The van der Waals surface area contributed by atoms with E-state index in [0.717, 1.165) is 12.8 Å². The molecule has 2 atom stereocenters. The SMILES string of the molecule is CC1=C(C)C2CCC1C2=O. The van der Waals surface area contributed by atoms with Crippen molar-refractivity contribution in [1.29, 1.82) is 0 Å². The van der Waals surface area contributed by atoms with Crippen molar-refractivity contribution in [3.63, 3.8) is 0 Å². The molecule has 54 valence electrons. The summed E-state index contributed by atoms with van der Waals surface area (Å²) < 4.78 is 0. The van der Waals surface area contributed by atoms with Gasteiger partial charge in [-0.05, 0) is 26.7 Å². The zero-order valence-electron chi connectivity index (χ0n) is 6.48. The van der Waals surface area contributed by atoms with E-state index in [2.05, 4.69) is 13.8 Å². The first-order valence-corrected chi connectivity index (χ1v) is 3.93. The van der Waals surface area contributed by atoms with E-state index in [1.807, 2.05) is 0 Å². The smallest absolute Gasteiger partial charge is 0.147 e. The minimum atomic E-state index is 0.324. The topological polar surface area (TPSA) is 17.1 Å². The molecule has 1 heteroatoms. The Morgan fingerprint density at radius 3 is 1.70 bits per heavy atom. The lowest BCUT2D eigenvalue weighted by Crippen LogP contribution is -2.05. The quantitative estimate of drug-likeness (QED) is 0.465. The first kappa shape index (κ1) is 6.14. The van der Waals surface area contributed by atoms with Crippen LogP contribution >= 0.6 is 0 Å². The maximum atomic E-state index is 11.3. The van der Waals surface area contributed by atoms with Gasteiger partial charge in [-0.3, -0.25) is 4.79 Å². The van der Waals surface area contributed by atoms with Crippen molar-refractivity contribution in [1.82, 2.24) is 0 Å². The Kier molecular flexibility index (Phi) is 1.05. The Labute approximate surface area is 61.1 Å².